The Morgan fingerprint density at radius 2 is 1.86 bits per heavy atom. The lowest BCUT2D eigenvalue weighted by atomic mass is 10.1. The lowest BCUT2D eigenvalue weighted by Crippen LogP contribution is -2.44. The molecule has 0 aliphatic rings. The summed E-state index contributed by atoms with van der Waals surface area (Å²) < 4.78 is 18.3. The predicted octanol–water partition coefficient (Wildman–Crippen LogP) is 3.19. The minimum Gasteiger partial charge on any atom is -0.494 e. The van der Waals surface area contributed by atoms with Gasteiger partial charge in [-0.25, -0.2) is 4.39 Å². The van der Waals surface area contributed by atoms with Gasteiger partial charge in [0.05, 0.1) is 6.61 Å². The van der Waals surface area contributed by atoms with Crippen LogP contribution in [0.2, 0.25) is 0 Å². The lowest BCUT2D eigenvalue weighted by molar-refractivity contribution is 0.306. The molecule has 124 valence electrons. The second kappa shape index (κ2) is 10.0. The van der Waals surface area contributed by atoms with Crippen molar-refractivity contribution in [2.75, 3.05) is 20.2 Å². The molecule has 0 bridgehead atoms. The highest BCUT2D eigenvalue weighted by Gasteiger charge is 2.08. The van der Waals surface area contributed by atoms with Gasteiger partial charge in [0.25, 0.3) is 0 Å². The van der Waals surface area contributed by atoms with E-state index in [1.165, 1.54) is 12.1 Å². The molecule has 0 aliphatic heterocycles. The summed E-state index contributed by atoms with van der Waals surface area (Å²) in [4.78, 5) is 4.21. The van der Waals surface area contributed by atoms with Crippen LogP contribution in [0.25, 0.3) is 0 Å². The van der Waals surface area contributed by atoms with Gasteiger partial charge in [0.1, 0.15) is 11.6 Å². The van der Waals surface area contributed by atoms with Crippen molar-refractivity contribution in [3.63, 3.8) is 0 Å². The van der Waals surface area contributed by atoms with Gasteiger partial charge in [0.15, 0.2) is 5.96 Å². The van der Waals surface area contributed by atoms with Crippen LogP contribution >= 0.6 is 0 Å². The van der Waals surface area contributed by atoms with Gasteiger partial charge in [-0.3, -0.25) is 4.99 Å². The van der Waals surface area contributed by atoms with Crippen molar-refractivity contribution in [1.82, 2.24) is 10.6 Å². The third-order valence-corrected chi connectivity index (χ3v) is 3.53. The molecule has 0 saturated carbocycles. The standard InChI is InChI=1S/C17H28FN3O/c1-13(2)14(3)21-17(19-4)20-11-5-6-12-22-16-9-7-15(18)8-10-16/h7-10,13-14H,5-6,11-12H2,1-4H3,(H2,19,20,21). The number of nitrogens with one attached hydrogen (secondary N) is 2. The lowest BCUT2D eigenvalue weighted by Gasteiger charge is -2.20. The number of ether oxygens (including phenoxy) is 1. The van der Waals surface area contributed by atoms with E-state index in [1.54, 1.807) is 19.2 Å². The molecular weight excluding hydrogens is 281 g/mol. The summed E-state index contributed by atoms with van der Waals surface area (Å²) in [7, 11) is 1.78. The van der Waals surface area contributed by atoms with Crippen molar-refractivity contribution in [3.05, 3.63) is 30.1 Å². The predicted molar refractivity (Wildman–Crippen MR) is 89.9 cm³/mol. The van der Waals surface area contributed by atoms with Crippen LogP contribution in [0.3, 0.4) is 0 Å². The van der Waals surface area contributed by atoms with Gasteiger partial charge in [-0.15, -0.1) is 0 Å². The van der Waals surface area contributed by atoms with Crippen LogP contribution in [0.4, 0.5) is 4.39 Å². The van der Waals surface area contributed by atoms with E-state index in [-0.39, 0.29) is 5.82 Å². The molecule has 0 aromatic heterocycles. The van der Waals surface area contributed by atoms with Crippen molar-refractivity contribution >= 4 is 5.96 Å². The molecule has 1 aromatic carbocycles. The Morgan fingerprint density at radius 1 is 1.18 bits per heavy atom. The molecule has 0 fully saturated rings. The van der Waals surface area contributed by atoms with E-state index < -0.39 is 0 Å². The maximum Gasteiger partial charge on any atom is 0.191 e. The average Bonchev–Trinajstić information content (AvgIpc) is 2.50. The number of rotatable bonds is 8. The summed E-state index contributed by atoms with van der Waals surface area (Å²) in [5.74, 6) is 1.85. The van der Waals surface area contributed by atoms with Crippen LogP contribution in [0.5, 0.6) is 5.75 Å². The Kier molecular flexibility index (Phi) is 8.33. The molecule has 0 saturated heterocycles. The zero-order valence-corrected chi connectivity index (χ0v) is 14.0. The molecule has 0 radical (unpaired) electrons. The molecule has 4 nitrogen and oxygen atoms in total. The second-order valence-electron chi connectivity index (χ2n) is 5.69. The van der Waals surface area contributed by atoms with Crippen molar-refractivity contribution < 1.29 is 9.13 Å². The number of halogens is 1. The van der Waals surface area contributed by atoms with Gasteiger partial charge in [0, 0.05) is 19.6 Å². The van der Waals surface area contributed by atoms with Crippen LogP contribution in [0, 0.1) is 11.7 Å². The molecule has 0 amide bonds. The first kappa shape index (κ1) is 18.3. The average molecular weight is 309 g/mol. The third kappa shape index (κ3) is 7.29. The summed E-state index contributed by atoms with van der Waals surface area (Å²) in [5.41, 5.74) is 0. The fraction of sp³-hybridized carbons (Fsp3) is 0.588. The van der Waals surface area contributed by atoms with Crippen LogP contribution in [-0.4, -0.2) is 32.2 Å². The second-order valence-corrected chi connectivity index (χ2v) is 5.69. The Bertz CT molecular complexity index is 446. The molecule has 22 heavy (non-hydrogen) atoms. The van der Waals surface area contributed by atoms with E-state index in [4.69, 9.17) is 4.74 Å². The molecular formula is C17H28FN3O. The zero-order valence-electron chi connectivity index (χ0n) is 14.0. The van der Waals surface area contributed by atoms with Gasteiger partial charge in [-0.05, 0) is 49.9 Å². The highest BCUT2D eigenvalue weighted by molar-refractivity contribution is 5.79. The Hall–Kier alpha value is -1.78. The minimum atomic E-state index is -0.244. The van der Waals surface area contributed by atoms with Crippen LogP contribution in [0.1, 0.15) is 33.6 Å². The van der Waals surface area contributed by atoms with E-state index >= 15 is 0 Å². The first-order valence-electron chi connectivity index (χ1n) is 7.88. The van der Waals surface area contributed by atoms with Gasteiger partial charge < -0.3 is 15.4 Å². The van der Waals surface area contributed by atoms with Gasteiger partial charge >= 0.3 is 0 Å². The highest BCUT2D eigenvalue weighted by atomic mass is 19.1. The number of nitrogens with zero attached hydrogens (tertiary/aromatic N) is 1. The summed E-state index contributed by atoms with van der Waals surface area (Å²) in [6, 6.07) is 6.48. The molecule has 0 aliphatic carbocycles. The highest BCUT2D eigenvalue weighted by Crippen LogP contribution is 2.11. The minimum absolute atomic E-state index is 0.244. The van der Waals surface area contributed by atoms with Gasteiger partial charge in [-0.2, -0.15) is 0 Å². The molecule has 1 rings (SSSR count). The Morgan fingerprint density at radius 3 is 2.45 bits per heavy atom. The van der Waals surface area contributed by atoms with E-state index in [0.29, 0.717) is 24.3 Å². The van der Waals surface area contributed by atoms with E-state index in [1.807, 2.05) is 0 Å². The van der Waals surface area contributed by atoms with Crippen LogP contribution < -0.4 is 15.4 Å². The van der Waals surface area contributed by atoms with E-state index in [2.05, 4.69) is 36.4 Å². The fourth-order valence-corrected chi connectivity index (χ4v) is 1.73. The number of unbranched alkanes of at least 4 members (excludes halogenated alkanes) is 1. The molecule has 1 atom stereocenters. The normalized spacial score (nSPS) is 13.1. The Balaban J connectivity index is 2.12. The van der Waals surface area contributed by atoms with E-state index in [0.717, 1.165) is 25.3 Å². The molecule has 1 aromatic rings. The zero-order chi connectivity index (χ0) is 16.4. The number of benzene rings is 1. The third-order valence-electron chi connectivity index (χ3n) is 3.53. The number of hydrogen-bond acceptors (Lipinski definition) is 2. The molecule has 1 unspecified atom stereocenters. The maximum absolute atomic E-state index is 12.7. The summed E-state index contributed by atoms with van der Waals surface area (Å²) in [6.07, 6.45) is 1.92. The largest absolute Gasteiger partial charge is 0.494 e. The molecule has 5 heteroatoms. The smallest absolute Gasteiger partial charge is 0.191 e. The van der Waals surface area contributed by atoms with Crippen molar-refractivity contribution in [3.8, 4) is 5.75 Å². The quantitative estimate of drug-likeness (QED) is 0.440. The summed E-state index contributed by atoms with van der Waals surface area (Å²) in [5, 5.41) is 6.66. The van der Waals surface area contributed by atoms with Gasteiger partial charge in [-0.1, -0.05) is 13.8 Å². The first-order chi connectivity index (χ1) is 10.5. The monoisotopic (exact) mass is 309 g/mol. The molecule has 2 N–H and O–H groups in total. The topological polar surface area (TPSA) is 45.7 Å². The SMILES string of the molecule is CN=C(NCCCCOc1ccc(F)cc1)NC(C)C(C)C. The van der Waals surface area contributed by atoms with Crippen LogP contribution in [0.15, 0.2) is 29.3 Å². The summed E-state index contributed by atoms with van der Waals surface area (Å²) in [6.45, 7) is 7.97. The van der Waals surface area contributed by atoms with Gasteiger partial charge in [0.2, 0.25) is 0 Å². The van der Waals surface area contributed by atoms with Crippen molar-refractivity contribution in [2.45, 2.75) is 39.7 Å². The van der Waals surface area contributed by atoms with Crippen LogP contribution in [-0.2, 0) is 0 Å². The van der Waals surface area contributed by atoms with Crippen molar-refractivity contribution in [1.29, 1.82) is 0 Å². The van der Waals surface area contributed by atoms with Crippen molar-refractivity contribution in [2.24, 2.45) is 10.9 Å². The molecule has 0 spiro atoms. The number of hydrogen-bond donors (Lipinski definition) is 2. The number of aliphatic imine (C=N–C) groups is 1. The maximum atomic E-state index is 12.7. The van der Waals surface area contributed by atoms with E-state index in [9.17, 15) is 4.39 Å². The first-order valence-corrected chi connectivity index (χ1v) is 7.88. The fourth-order valence-electron chi connectivity index (χ4n) is 1.73. The Labute approximate surface area is 133 Å². The number of guanidine groups is 1. The molecule has 0 heterocycles. The summed E-state index contributed by atoms with van der Waals surface area (Å²) >= 11 is 0.